The highest BCUT2D eigenvalue weighted by molar-refractivity contribution is 9.10. The number of nitrogens with zero attached hydrogens (tertiary/aromatic N) is 2. The molecule has 1 unspecified atom stereocenters. The van der Waals surface area contributed by atoms with Crippen LogP contribution in [0.1, 0.15) is 43.1 Å². The van der Waals surface area contributed by atoms with E-state index in [2.05, 4.69) is 69.1 Å². The monoisotopic (exact) mass is 347 g/mol. The van der Waals surface area contributed by atoms with Gasteiger partial charge in [0.25, 0.3) is 0 Å². The SMILES string of the molecule is CNC1CC(C)(C)Cc2c1cnn2Cc1ccc(Br)cc1. The molecule has 1 N–H and O–H groups in total. The topological polar surface area (TPSA) is 29.9 Å². The molecule has 1 aliphatic rings. The van der Waals surface area contributed by atoms with Crippen molar-refractivity contribution in [2.45, 2.75) is 39.3 Å². The van der Waals surface area contributed by atoms with E-state index in [-0.39, 0.29) is 0 Å². The zero-order valence-corrected chi connectivity index (χ0v) is 14.4. The number of hydrogen-bond acceptors (Lipinski definition) is 2. The molecule has 0 fully saturated rings. The molecular formula is C17H22BrN3. The third-order valence-corrected chi connectivity index (χ3v) is 4.88. The Hall–Kier alpha value is -1.13. The van der Waals surface area contributed by atoms with Gasteiger partial charge in [-0.25, -0.2) is 0 Å². The fourth-order valence-corrected chi connectivity index (χ4v) is 3.52. The quantitative estimate of drug-likeness (QED) is 0.911. The maximum absolute atomic E-state index is 4.64. The van der Waals surface area contributed by atoms with E-state index in [4.69, 9.17) is 0 Å². The van der Waals surface area contributed by atoms with Gasteiger partial charge in [0.05, 0.1) is 12.7 Å². The summed E-state index contributed by atoms with van der Waals surface area (Å²) < 4.78 is 3.29. The number of aromatic nitrogens is 2. The smallest absolute Gasteiger partial charge is 0.0662 e. The van der Waals surface area contributed by atoms with Gasteiger partial charge in [0.15, 0.2) is 0 Å². The maximum atomic E-state index is 4.64. The van der Waals surface area contributed by atoms with Gasteiger partial charge in [-0.1, -0.05) is 41.9 Å². The first-order valence-electron chi connectivity index (χ1n) is 7.45. The van der Waals surface area contributed by atoms with Gasteiger partial charge >= 0.3 is 0 Å². The fourth-order valence-electron chi connectivity index (χ4n) is 3.25. The second-order valence-electron chi connectivity index (χ2n) is 6.72. The van der Waals surface area contributed by atoms with Gasteiger partial charge in [-0.05, 0) is 43.0 Å². The lowest BCUT2D eigenvalue weighted by Gasteiger charge is -2.35. The lowest BCUT2D eigenvalue weighted by molar-refractivity contribution is 0.258. The van der Waals surface area contributed by atoms with Gasteiger partial charge in [0.2, 0.25) is 0 Å². The Morgan fingerprint density at radius 3 is 2.71 bits per heavy atom. The molecule has 1 aromatic carbocycles. The Bertz CT molecular complexity index is 628. The molecule has 3 nitrogen and oxygen atoms in total. The Morgan fingerprint density at radius 2 is 2.05 bits per heavy atom. The molecule has 1 heterocycles. The second-order valence-corrected chi connectivity index (χ2v) is 7.63. The lowest BCUT2D eigenvalue weighted by Crippen LogP contribution is -2.32. The summed E-state index contributed by atoms with van der Waals surface area (Å²) in [6.07, 6.45) is 4.31. The van der Waals surface area contributed by atoms with Crippen molar-refractivity contribution in [2.75, 3.05) is 7.05 Å². The number of fused-ring (bicyclic) bond motifs is 1. The molecule has 4 heteroatoms. The molecule has 0 saturated heterocycles. The van der Waals surface area contributed by atoms with Crippen molar-refractivity contribution in [3.8, 4) is 0 Å². The summed E-state index contributed by atoms with van der Waals surface area (Å²) in [5.41, 5.74) is 4.36. The van der Waals surface area contributed by atoms with Gasteiger partial charge in [-0.2, -0.15) is 5.10 Å². The molecule has 0 spiro atoms. The molecule has 0 radical (unpaired) electrons. The Labute approximate surface area is 134 Å². The summed E-state index contributed by atoms with van der Waals surface area (Å²) in [7, 11) is 2.04. The molecule has 0 aliphatic heterocycles. The minimum absolute atomic E-state index is 0.318. The van der Waals surface area contributed by atoms with Crippen molar-refractivity contribution in [3.05, 3.63) is 51.8 Å². The number of hydrogen-bond donors (Lipinski definition) is 1. The normalized spacial score (nSPS) is 20.3. The maximum Gasteiger partial charge on any atom is 0.0662 e. The predicted molar refractivity (Wildman–Crippen MR) is 89.4 cm³/mol. The van der Waals surface area contributed by atoms with Crippen molar-refractivity contribution in [1.82, 2.24) is 15.1 Å². The summed E-state index contributed by atoms with van der Waals surface area (Å²) in [6.45, 7) is 5.53. The standard InChI is InChI=1S/C17H22BrN3/c1-17(2)8-15(19-3)14-10-20-21(16(14)9-17)11-12-4-6-13(18)7-5-12/h4-7,10,15,19H,8-9,11H2,1-3H3. The molecule has 1 aliphatic carbocycles. The summed E-state index contributed by atoms with van der Waals surface area (Å²) in [4.78, 5) is 0. The van der Waals surface area contributed by atoms with E-state index in [9.17, 15) is 0 Å². The summed E-state index contributed by atoms with van der Waals surface area (Å²) in [6, 6.07) is 8.91. The zero-order chi connectivity index (χ0) is 15.0. The van der Waals surface area contributed by atoms with Crippen LogP contribution in [0, 0.1) is 5.41 Å². The highest BCUT2D eigenvalue weighted by Gasteiger charge is 2.34. The molecule has 1 aromatic heterocycles. The van der Waals surface area contributed by atoms with E-state index in [1.165, 1.54) is 23.2 Å². The average Bonchev–Trinajstić information content (AvgIpc) is 2.82. The molecule has 2 aromatic rings. The largest absolute Gasteiger partial charge is 0.313 e. The summed E-state index contributed by atoms with van der Waals surface area (Å²) in [5, 5.41) is 8.09. The van der Waals surface area contributed by atoms with Gasteiger partial charge in [-0.3, -0.25) is 4.68 Å². The van der Waals surface area contributed by atoms with Crippen LogP contribution in [-0.2, 0) is 13.0 Å². The highest BCUT2D eigenvalue weighted by Crippen LogP contribution is 2.40. The van der Waals surface area contributed by atoms with Crippen molar-refractivity contribution in [1.29, 1.82) is 0 Å². The first-order valence-corrected chi connectivity index (χ1v) is 8.24. The fraction of sp³-hybridized carbons (Fsp3) is 0.471. The van der Waals surface area contributed by atoms with Crippen LogP contribution in [0.4, 0.5) is 0 Å². The van der Waals surface area contributed by atoms with Crippen molar-refractivity contribution in [2.24, 2.45) is 5.41 Å². The van der Waals surface area contributed by atoms with Crippen LogP contribution in [0.25, 0.3) is 0 Å². The van der Waals surface area contributed by atoms with Crippen molar-refractivity contribution in [3.63, 3.8) is 0 Å². The van der Waals surface area contributed by atoms with Crippen LogP contribution < -0.4 is 5.32 Å². The van der Waals surface area contributed by atoms with E-state index in [1.807, 2.05) is 13.2 Å². The summed E-state index contributed by atoms with van der Waals surface area (Å²) >= 11 is 3.48. The van der Waals surface area contributed by atoms with E-state index >= 15 is 0 Å². The first-order chi connectivity index (χ1) is 9.98. The Kier molecular flexibility index (Phi) is 3.93. The minimum atomic E-state index is 0.318. The molecule has 3 rings (SSSR count). The molecule has 112 valence electrons. The number of benzene rings is 1. The van der Waals surface area contributed by atoms with Crippen molar-refractivity contribution < 1.29 is 0 Å². The molecule has 21 heavy (non-hydrogen) atoms. The third-order valence-electron chi connectivity index (χ3n) is 4.35. The third kappa shape index (κ3) is 3.06. The number of rotatable bonds is 3. The van der Waals surface area contributed by atoms with Crippen LogP contribution in [-0.4, -0.2) is 16.8 Å². The van der Waals surface area contributed by atoms with Gasteiger partial charge in [0.1, 0.15) is 0 Å². The molecule has 0 saturated carbocycles. The lowest BCUT2D eigenvalue weighted by atomic mass is 9.74. The Balaban J connectivity index is 1.91. The molecule has 0 amide bonds. The van der Waals surface area contributed by atoms with Crippen LogP contribution in [0.2, 0.25) is 0 Å². The van der Waals surface area contributed by atoms with Gasteiger partial charge in [0, 0.05) is 21.8 Å². The predicted octanol–water partition coefficient (Wildman–Crippen LogP) is 3.93. The van der Waals surface area contributed by atoms with Crippen LogP contribution in [0.3, 0.4) is 0 Å². The first kappa shape index (κ1) is 14.8. The second kappa shape index (κ2) is 5.58. The zero-order valence-electron chi connectivity index (χ0n) is 12.9. The van der Waals surface area contributed by atoms with E-state index in [0.29, 0.717) is 11.5 Å². The van der Waals surface area contributed by atoms with E-state index in [1.54, 1.807) is 0 Å². The minimum Gasteiger partial charge on any atom is -0.313 e. The van der Waals surface area contributed by atoms with Crippen LogP contribution >= 0.6 is 15.9 Å². The highest BCUT2D eigenvalue weighted by atomic mass is 79.9. The van der Waals surface area contributed by atoms with Crippen molar-refractivity contribution >= 4 is 15.9 Å². The van der Waals surface area contributed by atoms with E-state index < -0.39 is 0 Å². The van der Waals surface area contributed by atoms with Crippen LogP contribution in [0.5, 0.6) is 0 Å². The Morgan fingerprint density at radius 1 is 1.33 bits per heavy atom. The van der Waals surface area contributed by atoms with E-state index in [0.717, 1.165) is 17.4 Å². The van der Waals surface area contributed by atoms with Gasteiger partial charge < -0.3 is 5.32 Å². The average molecular weight is 348 g/mol. The van der Waals surface area contributed by atoms with Gasteiger partial charge in [-0.15, -0.1) is 0 Å². The molecular weight excluding hydrogens is 326 g/mol. The molecule has 1 atom stereocenters. The van der Waals surface area contributed by atoms with Crippen LogP contribution in [0.15, 0.2) is 34.9 Å². The summed E-state index contributed by atoms with van der Waals surface area (Å²) in [5.74, 6) is 0. The number of nitrogens with one attached hydrogen (secondary N) is 1. The number of halogens is 1. The molecule has 0 bridgehead atoms.